The molecular weight excluding hydrogens is 206 g/mol. The zero-order chi connectivity index (χ0) is 11.7. The van der Waals surface area contributed by atoms with Crippen LogP contribution in [0.15, 0.2) is 47.6 Å². The van der Waals surface area contributed by atoms with Gasteiger partial charge in [0.15, 0.2) is 0 Å². The largest absolute Gasteiger partial charge is 0.295 e. The van der Waals surface area contributed by atoms with Gasteiger partial charge in [0.25, 0.3) is 0 Å². The zero-order valence-electron chi connectivity index (χ0n) is 10.4. The molecule has 0 amide bonds. The third-order valence-corrected chi connectivity index (χ3v) is 3.92. The van der Waals surface area contributed by atoms with E-state index in [4.69, 9.17) is 0 Å². The van der Waals surface area contributed by atoms with Crippen molar-refractivity contribution in [2.75, 3.05) is 13.1 Å². The molecule has 0 radical (unpaired) electrons. The van der Waals surface area contributed by atoms with Crippen LogP contribution < -0.4 is 0 Å². The Bertz CT molecular complexity index is 482. The molecule has 1 aliphatic carbocycles. The normalized spacial score (nSPS) is 19.8. The van der Waals surface area contributed by atoms with Gasteiger partial charge < -0.3 is 0 Å². The molecular formula is C16H19N. The SMILES string of the molecule is Cc1ccccc1CN1CCC2=C(C=CC2)C1. The van der Waals surface area contributed by atoms with Crippen LogP contribution in [0.3, 0.4) is 0 Å². The molecule has 0 fully saturated rings. The standard InChI is InChI=1S/C16H19N/c1-13-5-2-3-6-15(13)11-17-10-9-14-7-4-8-16(14)12-17/h2-6,8H,7,9-12H2,1H3. The molecule has 0 bridgehead atoms. The average molecular weight is 225 g/mol. The van der Waals surface area contributed by atoms with E-state index >= 15 is 0 Å². The van der Waals surface area contributed by atoms with Crippen LogP contribution in [-0.2, 0) is 6.54 Å². The van der Waals surface area contributed by atoms with Gasteiger partial charge in [0.05, 0.1) is 0 Å². The van der Waals surface area contributed by atoms with Gasteiger partial charge in [-0.2, -0.15) is 0 Å². The summed E-state index contributed by atoms with van der Waals surface area (Å²) in [6, 6.07) is 8.73. The second-order valence-electron chi connectivity index (χ2n) is 5.12. The fourth-order valence-electron chi connectivity index (χ4n) is 2.80. The van der Waals surface area contributed by atoms with Gasteiger partial charge in [-0.3, -0.25) is 4.90 Å². The topological polar surface area (TPSA) is 3.24 Å². The molecule has 1 aliphatic heterocycles. The first kappa shape index (κ1) is 10.8. The minimum absolute atomic E-state index is 1.09. The van der Waals surface area contributed by atoms with E-state index in [-0.39, 0.29) is 0 Å². The lowest BCUT2D eigenvalue weighted by Gasteiger charge is -2.28. The fraction of sp³-hybridized carbons (Fsp3) is 0.375. The lowest BCUT2D eigenvalue weighted by Crippen LogP contribution is -2.30. The molecule has 0 unspecified atom stereocenters. The van der Waals surface area contributed by atoms with Crippen molar-refractivity contribution < 1.29 is 0 Å². The summed E-state index contributed by atoms with van der Waals surface area (Å²) in [7, 11) is 0. The van der Waals surface area contributed by atoms with Crippen molar-refractivity contribution in [3.8, 4) is 0 Å². The molecule has 0 saturated heterocycles. The number of hydrogen-bond acceptors (Lipinski definition) is 1. The minimum atomic E-state index is 1.09. The Balaban J connectivity index is 1.71. The van der Waals surface area contributed by atoms with Crippen molar-refractivity contribution in [1.29, 1.82) is 0 Å². The summed E-state index contributed by atoms with van der Waals surface area (Å²) < 4.78 is 0. The van der Waals surface area contributed by atoms with Gasteiger partial charge in [0, 0.05) is 19.6 Å². The lowest BCUT2D eigenvalue weighted by molar-refractivity contribution is 0.279. The average Bonchev–Trinajstić information content (AvgIpc) is 2.79. The van der Waals surface area contributed by atoms with E-state index in [2.05, 4.69) is 48.2 Å². The summed E-state index contributed by atoms with van der Waals surface area (Å²) >= 11 is 0. The van der Waals surface area contributed by atoms with Crippen molar-refractivity contribution in [2.45, 2.75) is 26.3 Å². The quantitative estimate of drug-likeness (QED) is 0.745. The van der Waals surface area contributed by atoms with Crippen LogP contribution in [0.2, 0.25) is 0 Å². The van der Waals surface area contributed by atoms with E-state index in [0.717, 1.165) is 13.1 Å². The molecule has 0 N–H and O–H groups in total. The maximum Gasteiger partial charge on any atom is 0.0240 e. The number of aryl methyl sites for hydroxylation is 1. The molecule has 1 heteroatoms. The van der Waals surface area contributed by atoms with Gasteiger partial charge in [-0.15, -0.1) is 0 Å². The molecule has 0 atom stereocenters. The van der Waals surface area contributed by atoms with Crippen molar-refractivity contribution in [3.05, 3.63) is 58.7 Å². The molecule has 0 spiro atoms. The molecule has 17 heavy (non-hydrogen) atoms. The number of hydrogen-bond donors (Lipinski definition) is 0. The van der Waals surface area contributed by atoms with Crippen molar-refractivity contribution in [2.24, 2.45) is 0 Å². The number of rotatable bonds is 2. The molecule has 1 nitrogen and oxygen atoms in total. The van der Waals surface area contributed by atoms with Crippen LogP contribution in [0, 0.1) is 6.92 Å². The molecule has 1 heterocycles. The Kier molecular flexibility index (Phi) is 2.86. The van der Waals surface area contributed by atoms with E-state index in [0.29, 0.717) is 0 Å². The van der Waals surface area contributed by atoms with Crippen LogP contribution in [0.25, 0.3) is 0 Å². The first-order chi connectivity index (χ1) is 8.33. The van der Waals surface area contributed by atoms with Crippen LogP contribution in [0.5, 0.6) is 0 Å². The molecule has 3 rings (SSSR count). The highest BCUT2D eigenvalue weighted by molar-refractivity contribution is 5.37. The first-order valence-corrected chi connectivity index (χ1v) is 6.47. The third-order valence-electron chi connectivity index (χ3n) is 3.92. The second kappa shape index (κ2) is 4.50. The van der Waals surface area contributed by atoms with Crippen molar-refractivity contribution in [1.82, 2.24) is 4.90 Å². The fourth-order valence-corrected chi connectivity index (χ4v) is 2.80. The number of benzene rings is 1. The summed E-state index contributed by atoms with van der Waals surface area (Å²) in [4.78, 5) is 2.57. The Morgan fingerprint density at radius 1 is 1.24 bits per heavy atom. The van der Waals surface area contributed by atoms with Gasteiger partial charge in [-0.25, -0.2) is 0 Å². The van der Waals surface area contributed by atoms with Gasteiger partial charge in [-0.05, 0) is 36.5 Å². The van der Waals surface area contributed by atoms with Gasteiger partial charge >= 0.3 is 0 Å². The third kappa shape index (κ3) is 2.20. The summed E-state index contributed by atoms with van der Waals surface area (Å²) in [6.07, 6.45) is 7.09. The highest BCUT2D eigenvalue weighted by atomic mass is 15.1. The Morgan fingerprint density at radius 3 is 3.00 bits per heavy atom. The van der Waals surface area contributed by atoms with E-state index in [9.17, 15) is 0 Å². The predicted octanol–water partition coefficient (Wildman–Crippen LogP) is 3.46. The zero-order valence-corrected chi connectivity index (χ0v) is 10.4. The smallest absolute Gasteiger partial charge is 0.0240 e. The minimum Gasteiger partial charge on any atom is -0.295 e. The van der Waals surface area contributed by atoms with Gasteiger partial charge in [-0.1, -0.05) is 42.0 Å². The van der Waals surface area contributed by atoms with E-state index in [1.165, 1.54) is 30.5 Å². The van der Waals surface area contributed by atoms with Crippen LogP contribution in [0.4, 0.5) is 0 Å². The van der Waals surface area contributed by atoms with Crippen molar-refractivity contribution >= 4 is 0 Å². The molecule has 2 aliphatic rings. The summed E-state index contributed by atoms with van der Waals surface area (Å²) in [5.41, 5.74) is 6.13. The molecule has 0 aromatic heterocycles. The highest BCUT2D eigenvalue weighted by Gasteiger charge is 2.19. The van der Waals surface area contributed by atoms with Crippen LogP contribution in [0.1, 0.15) is 24.0 Å². The van der Waals surface area contributed by atoms with Crippen LogP contribution >= 0.6 is 0 Å². The number of allylic oxidation sites excluding steroid dienone is 1. The van der Waals surface area contributed by atoms with Crippen molar-refractivity contribution in [3.63, 3.8) is 0 Å². The summed E-state index contributed by atoms with van der Waals surface area (Å²) in [5, 5.41) is 0. The monoisotopic (exact) mass is 225 g/mol. The molecule has 1 aromatic rings. The van der Waals surface area contributed by atoms with E-state index in [1.54, 1.807) is 11.1 Å². The molecule has 88 valence electrons. The summed E-state index contributed by atoms with van der Waals surface area (Å²) in [6.45, 7) is 5.66. The maximum atomic E-state index is 2.57. The molecule has 0 saturated carbocycles. The molecule has 1 aromatic carbocycles. The Labute approximate surface area is 103 Å². The highest BCUT2D eigenvalue weighted by Crippen LogP contribution is 2.28. The predicted molar refractivity (Wildman–Crippen MR) is 71.9 cm³/mol. The number of nitrogens with zero attached hydrogens (tertiary/aromatic N) is 1. The first-order valence-electron chi connectivity index (χ1n) is 6.47. The van der Waals surface area contributed by atoms with E-state index < -0.39 is 0 Å². The lowest BCUT2D eigenvalue weighted by atomic mass is 10.0. The Hall–Kier alpha value is -1.34. The second-order valence-corrected chi connectivity index (χ2v) is 5.12. The van der Waals surface area contributed by atoms with Crippen LogP contribution in [-0.4, -0.2) is 18.0 Å². The van der Waals surface area contributed by atoms with E-state index in [1.807, 2.05) is 0 Å². The summed E-state index contributed by atoms with van der Waals surface area (Å²) in [5.74, 6) is 0. The van der Waals surface area contributed by atoms with Gasteiger partial charge in [0.1, 0.15) is 0 Å². The Morgan fingerprint density at radius 2 is 2.12 bits per heavy atom. The van der Waals surface area contributed by atoms with Gasteiger partial charge in [0.2, 0.25) is 0 Å². The maximum absolute atomic E-state index is 2.57.